The van der Waals surface area contributed by atoms with Gasteiger partial charge in [0.25, 0.3) is 0 Å². The van der Waals surface area contributed by atoms with Gasteiger partial charge < -0.3 is 10.0 Å². The molecule has 3 rings (SSSR count). The number of hydrogen-bond donors (Lipinski definition) is 1. The number of phenolic OH excluding ortho intramolecular Hbond substituents is 1. The smallest absolute Gasteiger partial charge is 0.115 e. The molecule has 1 heterocycles. The van der Waals surface area contributed by atoms with E-state index < -0.39 is 0 Å². The van der Waals surface area contributed by atoms with Gasteiger partial charge in [-0.2, -0.15) is 0 Å². The van der Waals surface area contributed by atoms with E-state index in [1.807, 2.05) is 12.1 Å². The fourth-order valence-corrected chi connectivity index (χ4v) is 4.38. The van der Waals surface area contributed by atoms with Crippen LogP contribution in [0, 0.1) is 5.92 Å². The summed E-state index contributed by atoms with van der Waals surface area (Å²) in [5, 5.41) is 9.85. The molecule has 1 aliphatic rings. The first-order valence-corrected chi connectivity index (χ1v) is 10.1. The highest BCUT2D eigenvalue weighted by atomic mass is 16.3. The highest BCUT2D eigenvalue weighted by molar-refractivity contribution is 5.33. The Balaban J connectivity index is 1.51. The molecule has 0 aliphatic carbocycles. The summed E-state index contributed by atoms with van der Waals surface area (Å²) in [6.07, 6.45) is 3.66. The zero-order chi connectivity index (χ0) is 18.6. The molecular weight excluding hydrogens is 318 g/mol. The fraction of sp³-hybridized carbons (Fsp3) is 0.500. The Morgan fingerprint density at radius 2 is 1.92 bits per heavy atom. The van der Waals surface area contributed by atoms with Gasteiger partial charge in [0.2, 0.25) is 0 Å². The Bertz CT molecular complexity index is 698. The normalized spacial score (nSPS) is 25.1. The van der Waals surface area contributed by atoms with Crippen molar-refractivity contribution in [3.8, 4) is 5.75 Å². The second-order valence-corrected chi connectivity index (χ2v) is 8.37. The Hall–Kier alpha value is -1.80. The average Bonchev–Trinajstić information content (AvgIpc) is 2.65. The van der Waals surface area contributed by atoms with Crippen LogP contribution >= 0.6 is 0 Å². The van der Waals surface area contributed by atoms with Crippen molar-refractivity contribution >= 4 is 0 Å². The number of aromatic hydroxyl groups is 1. The van der Waals surface area contributed by atoms with E-state index in [-0.39, 0.29) is 5.41 Å². The molecule has 2 aromatic rings. The summed E-state index contributed by atoms with van der Waals surface area (Å²) < 4.78 is 0. The second-order valence-electron chi connectivity index (χ2n) is 8.37. The van der Waals surface area contributed by atoms with Gasteiger partial charge in [0.05, 0.1) is 0 Å². The van der Waals surface area contributed by atoms with Crippen LogP contribution in [0.5, 0.6) is 5.75 Å². The molecule has 0 amide bonds. The van der Waals surface area contributed by atoms with E-state index in [4.69, 9.17) is 0 Å². The first-order valence-electron chi connectivity index (χ1n) is 10.1. The minimum Gasteiger partial charge on any atom is -0.508 e. The molecule has 0 radical (unpaired) electrons. The summed E-state index contributed by atoms with van der Waals surface area (Å²) in [5.41, 5.74) is 2.89. The molecule has 2 heteroatoms. The second kappa shape index (κ2) is 8.26. The van der Waals surface area contributed by atoms with Crippen molar-refractivity contribution in [2.24, 2.45) is 5.92 Å². The topological polar surface area (TPSA) is 23.5 Å². The van der Waals surface area contributed by atoms with E-state index in [2.05, 4.69) is 62.1 Å². The van der Waals surface area contributed by atoms with Crippen LogP contribution in [-0.4, -0.2) is 29.6 Å². The van der Waals surface area contributed by atoms with Crippen molar-refractivity contribution in [2.45, 2.75) is 51.4 Å². The van der Waals surface area contributed by atoms with Crippen LogP contribution in [0.15, 0.2) is 54.6 Å². The Labute approximate surface area is 158 Å². The number of rotatable bonds is 6. The largest absolute Gasteiger partial charge is 0.508 e. The number of nitrogens with zero attached hydrogens (tertiary/aromatic N) is 1. The van der Waals surface area contributed by atoms with Gasteiger partial charge in [0, 0.05) is 6.54 Å². The van der Waals surface area contributed by atoms with E-state index in [1.165, 1.54) is 30.5 Å². The predicted molar refractivity (Wildman–Crippen MR) is 110 cm³/mol. The molecule has 3 atom stereocenters. The SMILES string of the molecule is CC(CCCN1CC[C@@](C)(c2cccc(O)c2)[C@@H](C)C1)c1ccccc1. The van der Waals surface area contributed by atoms with E-state index >= 15 is 0 Å². The molecule has 1 N–H and O–H groups in total. The van der Waals surface area contributed by atoms with Crippen LogP contribution in [0.1, 0.15) is 57.1 Å². The summed E-state index contributed by atoms with van der Waals surface area (Å²) in [7, 11) is 0. The number of benzene rings is 2. The quantitative estimate of drug-likeness (QED) is 0.735. The summed E-state index contributed by atoms with van der Waals surface area (Å²) in [6.45, 7) is 10.6. The van der Waals surface area contributed by atoms with E-state index in [0.717, 1.165) is 19.5 Å². The van der Waals surface area contributed by atoms with Gasteiger partial charge in [-0.1, -0.05) is 63.2 Å². The highest BCUT2D eigenvalue weighted by Crippen LogP contribution is 2.40. The molecule has 0 bridgehead atoms. The first-order chi connectivity index (χ1) is 12.5. The third kappa shape index (κ3) is 4.29. The molecule has 2 aromatic carbocycles. The third-order valence-electron chi connectivity index (χ3n) is 6.55. The molecule has 0 aromatic heterocycles. The number of phenols is 1. The van der Waals surface area contributed by atoms with Crippen molar-refractivity contribution < 1.29 is 5.11 Å². The summed E-state index contributed by atoms with van der Waals surface area (Å²) >= 11 is 0. The average molecular weight is 352 g/mol. The molecule has 1 aliphatic heterocycles. The maximum Gasteiger partial charge on any atom is 0.115 e. The van der Waals surface area contributed by atoms with Crippen LogP contribution in [0.25, 0.3) is 0 Å². The molecular formula is C24H33NO. The Kier molecular flexibility index (Phi) is 6.03. The van der Waals surface area contributed by atoms with Gasteiger partial charge in [-0.25, -0.2) is 0 Å². The van der Waals surface area contributed by atoms with E-state index in [9.17, 15) is 5.11 Å². The van der Waals surface area contributed by atoms with Crippen molar-refractivity contribution in [1.29, 1.82) is 0 Å². The van der Waals surface area contributed by atoms with Gasteiger partial charge in [-0.15, -0.1) is 0 Å². The molecule has 26 heavy (non-hydrogen) atoms. The summed E-state index contributed by atoms with van der Waals surface area (Å²) in [6, 6.07) is 18.7. The lowest BCUT2D eigenvalue weighted by Crippen LogP contribution is -2.47. The summed E-state index contributed by atoms with van der Waals surface area (Å²) in [4.78, 5) is 2.63. The van der Waals surface area contributed by atoms with Gasteiger partial charge in [0.15, 0.2) is 0 Å². The molecule has 1 fully saturated rings. The van der Waals surface area contributed by atoms with Crippen molar-refractivity contribution in [3.63, 3.8) is 0 Å². The predicted octanol–water partition coefficient (Wildman–Crippen LogP) is 5.58. The number of hydrogen-bond acceptors (Lipinski definition) is 2. The Morgan fingerprint density at radius 1 is 1.15 bits per heavy atom. The maximum atomic E-state index is 9.85. The summed E-state index contributed by atoms with van der Waals surface area (Å²) in [5.74, 6) is 1.61. The van der Waals surface area contributed by atoms with Crippen LogP contribution in [0.3, 0.4) is 0 Å². The molecule has 1 unspecified atom stereocenters. The van der Waals surface area contributed by atoms with Crippen molar-refractivity contribution in [2.75, 3.05) is 19.6 Å². The number of likely N-dealkylation sites (tertiary alicyclic amines) is 1. The minimum atomic E-state index is 0.159. The van der Waals surface area contributed by atoms with Crippen LogP contribution in [0.2, 0.25) is 0 Å². The lowest BCUT2D eigenvalue weighted by molar-refractivity contribution is 0.109. The first kappa shape index (κ1) is 19.0. The monoisotopic (exact) mass is 351 g/mol. The Morgan fingerprint density at radius 3 is 2.62 bits per heavy atom. The molecule has 1 saturated heterocycles. The van der Waals surface area contributed by atoms with Gasteiger partial charge in [-0.3, -0.25) is 0 Å². The van der Waals surface area contributed by atoms with Crippen LogP contribution in [-0.2, 0) is 5.41 Å². The van der Waals surface area contributed by atoms with Crippen molar-refractivity contribution in [1.82, 2.24) is 4.90 Å². The lowest BCUT2D eigenvalue weighted by atomic mass is 9.68. The standard InChI is InChI=1S/C24H33NO/c1-19(21-10-5-4-6-11-21)9-8-15-25-16-14-24(3,20(2)18-25)22-12-7-13-23(26)17-22/h4-7,10-13,17,19-20,26H,8-9,14-16,18H2,1-3H3/t19?,20-,24+/m0/s1. The van der Waals surface area contributed by atoms with Crippen LogP contribution < -0.4 is 0 Å². The lowest BCUT2D eigenvalue weighted by Gasteiger charge is -2.45. The minimum absolute atomic E-state index is 0.159. The van der Waals surface area contributed by atoms with E-state index in [1.54, 1.807) is 6.07 Å². The zero-order valence-electron chi connectivity index (χ0n) is 16.5. The molecule has 0 spiro atoms. The zero-order valence-corrected chi connectivity index (χ0v) is 16.5. The highest BCUT2D eigenvalue weighted by Gasteiger charge is 2.37. The fourth-order valence-electron chi connectivity index (χ4n) is 4.38. The van der Waals surface area contributed by atoms with E-state index in [0.29, 0.717) is 17.6 Å². The number of piperidine rings is 1. The third-order valence-corrected chi connectivity index (χ3v) is 6.55. The van der Waals surface area contributed by atoms with Gasteiger partial charge in [-0.05, 0) is 72.9 Å². The van der Waals surface area contributed by atoms with Gasteiger partial charge >= 0.3 is 0 Å². The molecule has 140 valence electrons. The maximum absolute atomic E-state index is 9.85. The molecule has 0 saturated carbocycles. The molecule has 2 nitrogen and oxygen atoms in total. The van der Waals surface area contributed by atoms with Gasteiger partial charge in [0.1, 0.15) is 5.75 Å². The van der Waals surface area contributed by atoms with Crippen LogP contribution in [0.4, 0.5) is 0 Å². The van der Waals surface area contributed by atoms with Crippen molar-refractivity contribution in [3.05, 3.63) is 65.7 Å².